The number of amides is 1. The number of benzene rings is 3. The number of ether oxygens (including phenoxy) is 1. The summed E-state index contributed by atoms with van der Waals surface area (Å²) < 4.78 is 6.43. The fourth-order valence-electron chi connectivity index (χ4n) is 4.10. The second-order valence-electron chi connectivity index (χ2n) is 8.00. The second-order valence-corrected chi connectivity index (χ2v) is 9.01. The molecule has 1 N–H and O–H groups in total. The summed E-state index contributed by atoms with van der Waals surface area (Å²) in [6.07, 6.45) is 0. The predicted molar refractivity (Wildman–Crippen MR) is 133 cm³/mol. The molecule has 0 aliphatic carbocycles. The zero-order chi connectivity index (χ0) is 23.8. The Kier molecular flexibility index (Phi) is 5.63. The lowest BCUT2D eigenvalue weighted by molar-refractivity contribution is -0.132. The highest BCUT2D eigenvalue weighted by Crippen LogP contribution is 2.44. The van der Waals surface area contributed by atoms with Gasteiger partial charge in [-0.15, -0.1) is 0 Å². The number of carbonyl (C=O) groups is 2. The largest absolute Gasteiger partial charge is 0.507 e. The number of Topliss-reactive ketones (excluding diaryl/α,β-unsaturated/α-hetero) is 1. The molecular weight excluding hydrogens is 448 g/mol. The predicted octanol–water partition coefficient (Wildman–Crippen LogP) is 5.63. The Balaban J connectivity index is 1.69. The number of nitrogens with zero attached hydrogens (tertiary/aromatic N) is 2. The van der Waals surface area contributed by atoms with Crippen LogP contribution in [0, 0.1) is 6.92 Å². The normalized spacial score (nSPS) is 17.5. The molecule has 5 rings (SSSR count). The van der Waals surface area contributed by atoms with E-state index in [0.29, 0.717) is 28.6 Å². The molecule has 1 aliphatic rings. The number of anilines is 1. The maximum atomic E-state index is 13.3. The summed E-state index contributed by atoms with van der Waals surface area (Å²) in [5.41, 5.74) is 3.00. The van der Waals surface area contributed by atoms with Gasteiger partial charge in [-0.3, -0.25) is 14.5 Å². The first-order valence-corrected chi connectivity index (χ1v) is 11.8. The van der Waals surface area contributed by atoms with Crippen LogP contribution in [0.5, 0.6) is 5.75 Å². The van der Waals surface area contributed by atoms with Gasteiger partial charge in [-0.25, -0.2) is 4.98 Å². The number of rotatable bonds is 5. The van der Waals surface area contributed by atoms with Crippen molar-refractivity contribution in [1.82, 2.24) is 4.98 Å². The first kappa shape index (κ1) is 21.9. The van der Waals surface area contributed by atoms with Gasteiger partial charge >= 0.3 is 5.91 Å². The van der Waals surface area contributed by atoms with Crippen molar-refractivity contribution in [3.8, 4) is 5.75 Å². The van der Waals surface area contributed by atoms with E-state index in [1.165, 1.54) is 16.2 Å². The molecule has 0 radical (unpaired) electrons. The van der Waals surface area contributed by atoms with Gasteiger partial charge < -0.3 is 9.84 Å². The average molecular weight is 471 g/mol. The Morgan fingerprint density at radius 1 is 1.06 bits per heavy atom. The molecule has 0 saturated carbocycles. The molecule has 1 aliphatic heterocycles. The van der Waals surface area contributed by atoms with Gasteiger partial charge in [-0.1, -0.05) is 71.5 Å². The van der Waals surface area contributed by atoms with Crippen molar-refractivity contribution in [2.75, 3.05) is 11.5 Å². The van der Waals surface area contributed by atoms with Crippen LogP contribution in [0.25, 0.3) is 16.0 Å². The molecule has 170 valence electrons. The summed E-state index contributed by atoms with van der Waals surface area (Å²) in [6, 6.07) is 21.1. The summed E-state index contributed by atoms with van der Waals surface area (Å²) in [7, 11) is 0. The third-order valence-electron chi connectivity index (χ3n) is 5.75. The molecule has 0 spiro atoms. The van der Waals surface area contributed by atoms with E-state index in [0.717, 1.165) is 15.8 Å². The fraction of sp³-hybridized carbons (Fsp3) is 0.148. The first-order chi connectivity index (χ1) is 16.5. The molecule has 1 aromatic heterocycles. The molecular formula is C27H22N2O4S. The number of aryl methyl sites for hydroxylation is 1. The SMILES string of the molecule is CCOc1ccc2nc(N3C(=O)C(=O)/C(=C(/O)c4ccccc4)[C@H]3c3ccc(C)cc3)sc2c1. The molecule has 34 heavy (non-hydrogen) atoms. The van der Waals surface area contributed by atoms with Crippen LogP contribution in [0.15, 0.2) is 78.4 Å². The van der Waals surface area contributed by atoms with Gasteiger partial charge in [0, 0.05) is 5.56 Å². The Morgan fingerprint density at radius 2 is 1.79 bits per heavy atom. The van der Waals surface area contributed by atoms with Crippen LogP contribution in [0.2, 0.25) is 0 Å². The smallest absolute Gasteiger partial charge is 0.301 e. The summed E-state index contributed by atoms with van der Waals surface area (Å²) in [6.45, 7) is 4.42. The molecule has 0 unspecified atom stereocenters. The van der Waals surface area contributed by atoms with E-state index in [2.05, 4.69) is 4.98 Å². The minimum atomic E-state index is -0.798. The Morgan fingerprint density at radius 3 is 2.50 bits per heavy atom. The van der Waals surface area contributed by atoms with Crippen LogP contribution in [0.1, 0.15) is 29.7 Å². The monoisotopic (exact) mass is 470 g/mol. The maximum absolute atomic E-state index is 13.3. The zero-order valence-electron chi connectivity index (χ0n) is 18.7. The van der Waals surface area contributed by atoms with Gasteiger partial charge in [0.2, 0.25) is 0 Å². The number of carbonyl (C=O) groups excluding carboxylic acids is 2. The average Bonchev–Trinajstić information content (AvgIpc) is 3.38. The van der Waals surface area contributed by atoms with E-state index in [1.807, 2.05) is 62.4 Å². The van der Waals surface area contributed by atoms with Crippen LogP contribution < -0.4 is 9.64 Å². The Labute approximate surface area is 200 Å². The van der Waals surface area contributed by atoms with E-state index >= 15 is 0 Å². The Bertz CT molecular complexity index is 1420. The number of hydrogen-bond donors (Lipinski definition) is 1. The van der Waals surface area contributed by atoms with E-state index < -0.39 is 17.7 Å². The highest BCUT2D eigenvalue weighted by atomic mass is 32.1. The molecule has 7 heteroatoms. The summed E-state index contributed by atoms with van der Waals surface area (Å²) in [5, 5.41) is 11.5. The lowest BCUT2D eigenvalue weighted by Gasteiger charge is -2.23. The third-order valence-corrected chi connectivity index (χ3v) is 6.77. The van der Waals surface area contributed by atoms with Gasteiger partial charge in [0.05, 0.1) is 28.4 Å². The third kappa shape index (κ3) is 3.74. The van der Waals surface area contributed by atoms with Crippen LogP contribution in [-0.4, -0.2) is 28.4 Å². The maximum Gasteiger partial charge on any atom is 0.301 e. The molecule has 2 heterocycles. The minimum Gasteiger partial charge on any atom is -0.507 e. The number of aromatic nitrogens is 1. The van der Waals surface area contributed by atoms with E-state index in [4.69, 9.17) is 4.74 Å². The quantitative estimate of drug-likeness (QED) is 0.232. The first-order valence-electron chi connectivity index (χ1n) is 10.9. The number of thiazole rings is 1. The second kappa shape index (κ2) is 8.76. The van der Waals surface area contributed by atoms with Gasteiger partial charge in [0.15, 0.2) is 5.13 Å². The van der Waals surface area contributed by atoms with Crippen molar-refractivity contribution in [2.45, 2.75) is 19.9 Å². The van der Waals surface area contributed by atoms with Gasteiger partial charge in [-0.05, 0) is 37.6 Å². The van der Waals surface area contributed by atoms with Crippen molar-refractivity contribution in [1.29, 1.82) is 0 Å². The lowest BCUT2D eigenvalue weighted by atomic mass is 9.95. The van der Waals surface area contributed by atoms with Crippen LogP contribution in [-0.2, 0) is 9.59 Å². The molecule has 1 fully saturated rings. The van der Waals surface area contributed by atoms with E-state index in [9.17, 15) is 14.7 Å². The van der Waals surface area contributed by atoms with Crippen molar-refractivity contribution in [3.05, 3.63) is 95.1 Å². The molecule has 1 saturated heterocycles. The number of fused-ring (bicyclic) bond motifs is 1. The van der Waals surface area contributed by atoms with Crippen molar-refractivity contribution >= 4 is 44.1 Å². The lowest BCUT2D eigenvalue weighted by Crippen LogP contribution is -2.29. The molecule has 6 nitrogen and oxygen atoms in total. The van der Waals surface area contributed by atoms with Crippen molar-refractivity contribution in [2.24, 2.45) is 0 Å². The van der Waals surface area contributed by atoms with Crippen molar-refractivity contribution < 1.29 is 19.4 Å². The van der Waals surface area contributed by atoms with Gasteiger partial charge in [0.25, 0.3) is 5.78 Å². The molecule has 1 atom stereocenters. The van der Waals surface area contributed by atoms with Crippen LogP contribution >= 0.6 is 11.3 Å². The van der Waals surface area contributed by atoms with Crippen LogP contribution in [0.3, 0.4) is 0 Å². The van der Waals surface area contributed by atoms with Crippen LogP contribution in [0.4, 0.5) is 5.13 Å². The van der Waals surface area contributed by atoms with Gasteiger partial charge in [-0.2, -0.15) is 0 Å². The molecule has 4 aromatic rings. The van der Waals surface area contributed by atoms with E-state index in [1.54, 1.807) is 24.3 Å². The summed E-state index contributed by atoms with van der Waals surface area (Å²) >= 11 is 1.31. The molecule has 0 bridgehead atoms. The summed E-state index contributed by atoms with van der Waals surface area (Å²) in [4.78, 5) is 32.6. The topological polar surface area (TPSA) is 79.7 Å². The van der Waals surface area contributed by atoms with Gasteiger partial charge in [0.1, 0.15) is 11.5 Å². The molecule has 1 amide bonds. The zero-order valence-corrected chi connectivity index (χ0v) is 19.5. The number of ketones is 1. The standard InChI is InChI=1S/C27H22N2O4S/c1-3-33-19-13-14-20-21(15-19)34-27(28-20)29-23(17-11-9-16(2)10-12-17)22(25(31)26(29)32)24(30)18-7-5-4-6-8-18/h4-15,23,30H,3H2,1-2H3/b24-22+/t23-/m1/s1. The fourth-order valence-corrected chi connectivity index (χ4v) is 5.12. The minimum absolute atomic E-state index is 0.0503. The highest BCUT2D eigenvalue weighted by molar-refractivity contribution is 7.22. The molecule has 3 aromatic carbocycles. The number of aliphatic hydroxyl groups excluding tert-OH is 1. The Hall–Kier alpha value is -3.97. The number of hydrogen-bond acceptors (Lipinski definition) is 6. The van der Waals surface area contributed by atoms with Crippen molar-refractivity contribution in [3.63, 3.8) is 0 Å². The summed E-state index contributed by atoms with van der Waals surface area (Å²) in [5.74, 6) is -0.938. The number of aliphatic hydroxyl groups is 1. The van der Waals surface area contributed by atoms with E-state index in [-0.39, 0.29) is 11.3 Å². The highest BCUT2D eigenvalue weighted by Gasteiger charge is 2.48.